The predicted octanol–water partition coefficient (Wildman–Crippen LogP) is 2.82. The van der Waals surface area contributed by atoms with Crippen LogP contribution >= 0.6 is 11.6 Å². The molecule has 2 rings (SSSR count). The molecule has 0 radical (unpaired) electrons. The Hall–Kier alpha value is -0.570. The van der Waals surface area contributed by atoms with Gasteiger partial charge in [-0.25, -0.2) is 0 Å². The minimum atomic E-state index is 0.397. The Kier molecular flexibility index (Phi) is 3.85. The van der Waals surface area contributed by atoms with Crippen molar-refractivity contribution in [3.63, 3.8) is 0 Å². The second kappa shape index (κ2) is 5.17. The second-order valence-electron chi connectivity index (χ2n) is 4.60. The van der Waals surface area contributed by atoms with Crippen molar-refractivity contribution in [1.82, 2.24) is 4.90 Å². The normalized spacial score (nSPS) is 20.9. The van der Waals surface area contributed by atoms with Crippen LogP contribution in [-0.4, -0.2) is 24.0 Å². The van der Waals surface area contributed by atoms with Crippen LogP contribution in [0.4, 0.5) is 0 Å². The third-order valence-electron chi connectivity index (χ3n) is 3.47. The van der Waals surface area contributed by atoms with Crippen LogP contribution in [0.3, 0.4) is 0 Å². The monoisotopic (exact) mass is 238 g/mol. The third kappa shape index (κ3) is 2.76. The first kappa shape index (κ1) is 11.9. The van der Waals surface area contributed by atoms with Gasteiger partial charge in [-0.1, -0.05) is 23.7 Å². The summed E-state index contributed by atoms with van der Waals surface area (Å²) in [6, 6.07) is 9.01. The Labute approximate surface area is 102 Å². The van der Waals surface area contributed by atoms with Crippen LogP contribution in [0, 0.1) is 0 Å². The van der Waals surface area contributed by atoms with E-state index in [4.69, 9.17) is 17.3 Å². The molecule has 1 atom stereocenters. The van der Waals surface area contributed by atoms with Gasteiger partial charge >= 0.3 is 0 Å². The number of benzene rings is 1. The van der Waals surface area contributed by atoms with Crippen LogP contribution in [-0.2, 0) is 0 Å². The summed E-state index contributed by atoms with van der Waals surface area (Å²) in [5, 5.41) is 0.802. The average molecular weight is 239 g/mol. The van der Waals surface area contributed by atoms with Crippen molar-refractivity contribution in [3.8, 4) is 0 Å². The van der Waals surface area contributed by atoms with E-state index in [0.717, 1.165) is 31.0 Å². The fourth-order valence-corrected chi connectivity index (χ4v) is 2.38. The average Bonchev–Trinajstić information content (AvgIpc) is 2.30. The van der Waals surface area contributed by atoms with E-state index in [2.05, 4.69) is 24.0 Å². The lowest BCUT2D eigenvalue weighted by atomic mass is 10.0. The van der Waals surface area contributed by atoms with Crippen molar-refractivity contribution in [1.29, 1.82) is 0 Å². The lowest BCUT2D eigenvalue weighted by Crippen LogP contribution is -2.40. The fourth-order valence-electron chi connectivity index (χ4n) is 2.26. The van der Waals surface area contributed by atoms with Gasteiger partial charge in [0.1, 0.15) is 0 Å². The molecule has 0 aliphatic carbocycles. The lowest BCUT2D eigenvalue weighted by molar-refractivity contribution is 0.163. The van der Waals surface area contributed by atoms with Gasteiger partial charge in [0.15, 0.2) is 0 Å². The van der Waals surface area contributed by atoms with Gasteiger partial charge in [-0.15, -0.1) is 0 Å². The maximum atomic E-state index is 5.91. The van der Waals surface area contributed by atoms with Crippen molar-refractivity contribution < 1.29 is 0 Å². The van der Waals surface area contributed by atoms with E-state index in [1.54, 1.807) is 0 Å². The van der Waals surface area contributed by atoms with Gasteiger partial charge < -0.3 is 5.73 Å². The summed E-state index contributed by atoms with van der Waals surface area (Å²) in [7, 11) is 0. The Morgan fingerprint density at radius 1 is 1.25 bits per heavy atom. The van der Waals surface area contributed by atoms with Crippen molar-refractivity contribution in [2.24, 2.45) is 5.73 Å². The second-order valence-corrected chi connectivity index (χ2v) is 5.04. The Morgan fingerprint density at radius 2 is 1.81 bits per heavy atom. The molecule has 16 heavy (non-hydrogen) atoms. The summed E-state index contributed by atoms with van der Waals surface area (Å²) < 4.78 is 0. The molecule has 0 bridgehead atoms. The minimum Gasteiger partial charge on any atom is -0.328 e. The number of hydrogen-bond donors (Lipinski definition) is 1. The maximum Gasteiger partial charge on any atom is 0.0406 e. The standard InChI is InChI=1S/C13H19ClN2/c1-10(11-2-4-12(14)5-3-11)16-8-6-13(15)7-9-16/h2-5,10,13H,6-9,15H2,1H3. The highest BCUT2D eigenvalue weighted by atomic mass is 35.5. The van der Waals surface area contributed by atoms with Crippen LogP contribution in [0.1, 0.15) is 31.4 Å². The van der Waals surface area contributed by atoms with E-state index in [-0.39, 0.29) is 0 Å². The maximum absolute atomic E-state index is 5.91. The summed E-state index contributed by atoms with van der Waals surface area (Å²) in [5.74, 6) is 0. The first-order chi connectivity index (χ1) is 7.66. The first-order valence-corrected chi connectivity index (χ1v) is 6.29. The molecule has 0 spiro atoms. The van der Waals surface area contributed by atoms with Crippen LogP contribution < -0.4 is 5.73 Å². The van der Waals surface area contributed by atoms with Crippen LogP contribution in [0.15, 0.2) is 24.3 Å². The molecule has 2 nitrogen and oxygen atoms in total. The van der Waals surface area contributed by atoms with Gasteiger partial charge in [-0.3, -0.25) is 4.90 Å². The van der Waals surface area contributed by atoms with Crippen LogP contribution in [0.25, 0.3) is 0 Å². The van der Waals surface area contributed by atoms with Crippen molar-refractivity contribution in [2.75, 3.05) is 13.1 Å². The highest BCUT2D eigenvalue weighted by Gasteiger charge is 2.21. The Morgan fingerprint density at radius 3 is 2.38 bits per heavy atom. The summed E-state index contributed by atoms with van der Waals surface area (Å²) >= 11 is 5.89. The molecule has 1 aromatic carbocycles. The number of rotatable bonds is 2. The zero-order valence-corrected chi connectivity index (χ0v) is 10.5. The lowest BCUT2D eigenvalue weighted by Gasteiger charge is -2.35. The summed E-state index contributed by atoms with van der Waals surface area (Å²) in [6.45, 7) is 4.45. The number of nitrogens with zero attached hydrogens (tertiary/aromatic N) is 1. The Balaban J connectivity index is 2.01. The number of piperidine rings is 1. The molecular formula is C13H19ClN2. The highest BCUT2D eigenvalue weighted by Crippen LogP contribution is 2.24. The molecule has 0 amide bonds. The summed E-state index contributed by atoms with van der Waals surface area (Å²) in [6.07, 6.45) is 2.22. The molecule has 1 saturated heterocycles. The molecule has 3 heteroatoms. The number of likely N-dealkylation sites (tertiary alicyclic amines) is 1. The molecule has 0 saturated carbocycles. The minimum absolute atomic E-state index is 0.397. The molecule has 88 valence electrons. The zero-order valence-electron chi connectivity index (χ0n) is 9.70. The molecular weight excluding hydrogens is 220 g/mol. The zero-order chi connectivity index (χ0) is 11.5. The van der Waals surface area contributed by atoms with Crippen molar-refractivity contribution in [2.45, 2.75) is 31.8 Å². The van der Waals surface area contributed by atoms with Gasteiger partial charge in [-0.05, 0) is 37.5 Å². The van der Waals surface area contributed by atoms with E-state index in [0.29, 0.717) is 12.1 Å². The smallest absolute Gasteiger partial charge is 0.0406 e. The fraction of sp³-hybridized carbons (Fsp3) is 0.538. The molecule has 1 fully saturated rings. The number of hydrogen-bond acceptors (Lipinski definition) is 2. The van der Waals surface area contributed by atoms with E-state index in [9.17, 15) is 0 Å². The summed E-state index contributed by atoms with van der Waals surface area (Å²) in [4.78, 5) is 2.49. The highest BCUT2D eigenvalue weighted by molar-refractivity contribution is 6.30. The predicted molar refractivity (Wildman–Crippen MR) is 68.6 cm³/mol. The first-order valence-electron chi connectivity index (χ1n) is 5.92. The van der Waals surface area contributed by atoms with Gasteiger partial charge in [0, 0.05) is 30.2 Å². The molecule has 1 heterocycles. The van der Waals surface area contributed by atoms with Crippen molar-refractivity contribution >= 4 is 11.6 Å². The largest absolute Gasteiger partial charge is 0.328 e. The topological polar surface area (TPSA) is 29.3 Å². The van der Waals surface area contributed by atoms with Gasteiger partial charge in [-0.2, -0.15) is 0 Å². The van der Waals surface area contributed by atoms with E-state index >= 15 is 0 Å². The quantitative estimate of drug-likeness (QED) is 0.859. The van der Waals surface area contributed by atoms with E-state index < -0.39 is 0 Å². The summed E-state index contributed by atoms with van der Waals surface area (Å²) in [5.41, 5.74) is 7.24. The van der Waals surface area contributed by atoms with E-state index in [1.165, 1.54) is 5.56 Å². The van der Waals surface area contributed by atoms with Gasteiger partial charge in [0.2, 0.25) is 0 Å². The van der Waals surface area contributed by atoms with Crippen LogP contribution in [0.2, 0.25) is 5.02 Å². The molecule has 1 unspecified atom stereocenters. The van der Waals surface area contributed by atoms with Crippen LogP contribution in [0.5, 0.6) is 0 Å². The van der Waals surface area contributed by atoms with Gasteiger partial charge in [0.05, 0.1) is 0 Å². The number of halogens is 1. The Bertz CT molecular complexity index is 328. The molecule has 1 aliphatic rings. The van der Waals surface area contributed by atoms with Gasteiger partial charge in [0.25, 0.3) is 0 Å². The SMILES string of the molecule is CC(c1ccc(Cl)cc1)N1CCC(N)CC1. The molecule has 1 aliphatic heterocycles. The molecule has 1 aromatic rings. The third-order valence-corrected chi connectivity index (χ3v) is 3.73. The number of nitrogens with two attached hydrogens (primary N) is 1. The molecule has 2 N–H and O–H groups in total. The van der Waals surface area contributed by atoms with E-state index in [1.807, 2.05) is 12.1 Å². The molecule has 0 aromatic heterocycles. The van der Waals surface area contributed by atoms with Crippen molar-refractivity contribution in [3.05, 3.63) is 34.9 Å².